The topological polar surface area (TPSA) is 87.6 Å². The number of halogens is 7. The molecule has 210 valence electrons. The Hall–Kier alpha value is -3.42. The normalized spacial score (nSPS) is 14.0. The van der Waals surface area contributed by atoms with E-state index in [-0.39, 0.29) is 23.7 Å². The van der Waals surface area contributed by atoms with Gasteiger partial charge in [0.1, 0.15) is 5.56 Å². The van der Waals surface area contributed by atoms with Crippen molar-refractivity contribution in [3.05, 3.63) is 75.9 Å². The number of hydrogen-bond acceptors (Lipinski definition) is 6. The van der Waals surface area contributed by atoms with E-state index in [1.807, 2.05) is 4.90 Å². The Morgan fingerprint density at radius 3 is 2.15 bits per heavy atom. The molecule has 1 aliphatic rings. The van der Waals surface area contributed by atoms with Gasteiger partial charge < -0.3 is 20.1 Å². The Bertz CT molecular complexity index is 1270. The molecule has 1 fully saturated rings. The van der Waals surface area contributed by atoms with E-state index < -0.39 is 29.4 Å². The van der Waals surface area contributed by atoms with Crippen molar-refractivity contribution in [2.24, 2.45) is 0 Å². The molecule has 0 atom stereocenters. The molecule has 0 bridgehead atoms. The van der Waals surface area contributed by atoms with E-state index in [1.54, 1.807) is 24.3 Å². The first-order valence-electron chi connectivity index (χ1n) is 11.4. The lowest BCUT2D eigenvalue weighted by atomic mass is 10.0. The van der Waals surface area contributed by atoms with Gasteiger partial charge in [-0.1, -0.05) is 29.8 Å². The molecule has 4 rings (SSSR count). The Balaban J connectivity index is 0.000000224. The number of carbonyl (C=O) groups is 1. The Kier molecular flexibility index (Phi) is 9.75. The molecule has 0 amide bonds. The first-order chi connectivity index (χ1) is 18.3. The van der Waals surface area contributed by atoms with Gasteiger partial charge >= 0.3 is 18.3 Å². The van der Waals surface area contributed by atoms with Gasteiger partial charge in [0.2, 0.25) is 5.95 Å². The summed E-state index contributed by atoms with van der Waals surface area (Å²) in [7, 11) is 1.44. The molecule has 1 saturated heterocycles. The smallest absolute Gasteiger partial charge is 0.416 e. The predicted octanol–water partition coefficient (Wildman–Crippen LogP) is 5.78. The van der Waals surface area contributed by atoms with Crippen LogP contribution in [0, 0.1) is 0 Å². The molecule has 0 aliphatic carbocycles. The van der Waals surface area contributed by atoms with Gasteiger partial charge in [0.05, 0.1) is 30.0 Å². The molecule has 7 nitrogen and oxygen atoms in total. The molecule has 2 aromatic carbocycles. The van der Waals surface area contributed by atoms with Gasteiger partial charge in [-0.3, -0.25) is 0 Å². The number of benzene rings is 2. The molecular formula is C25H23ClF6N4O3. The van der Waals surface area contributed by atoms with Crippen molar-refractivity contribution >= 4 is 23.5 Å². The van der Waals surface area contributed by atoms with Crippen LogP contribution in [0.3, 0.4) is 0 Å². The summed E-state index contributed by atoms with van der Waals surface area (Å²) < 4.78 is 79.6. The maximum absolute atomic E-state index is 12.4. The van der Waals surface area contributed by atoms with Crippen molar-refractivity contribution in [1.29, 1.82) is 0 Å². The maximum Gasteiger partial charge on any atom is 0.416 e. The zero-order valence-corrected chi connectivity index (χ0v) is 21.2. The lowest BCUT2D eigenvalue weighted by Crippen LogP contribution is -2.37. The van der Waals surface area contributed by atoms with Gasteiger partial charge in [-0.2, -0.15) is 26.3 Å². The summed E-state index contributed by atoms with van der Waals surface area (Å²) in [6, 6.07) is 8.55. The predicted molar refractivity (Wildman–Crippen MR) is 132 cm³/mol. The van der Waals surface area contributed by atoms with Crippen LogP contribution in [0.4, 0.5) is 32.3 Å². The summed E-state index contributed by atoms with van der Waals surface area (Å²) in [5, 5.41) is 12.3. The van der Waals surface area contributed by atoms with Crippen molar-refractivity contribution in [2.45, 2.75) is 18.9 Å². The fraction of sp³-hybridized carbons (Fsp3) is 0.320. The van der Waals surface area contributed by atoms with Crippen molar-refractivity contribution in [1.82, 2.24) is 15.3 Å². The summed E-state index contributed by atoms with van der Waals surface area (Å²) in [6.07, 6.45) is -8.24. The number of carboxylic acids is 1. The number of nitrogens with zero attached hydrogens (tertiary/aromatic N) is 3. The average molecular weight is 577 g/mol. The van der Waals surface area contributed by atoms with Gasteiger partial charge in [-0.15, -0.1) is 0 Å². The van der Waals surface area contributed by atoms with Gasteiger partial charge in [-0.05, 0) is 36.9 Å². The molecule has 0 unspecified atom stereocenters. The van der Waals surface area contributed by atoms with Crippen LogP contribution in [0.5, 0.6) is 0 Å². The number of morpholine rings is 1. The van der Waals surface area contributed by atoms with Crippen LogP contribution >= 0.6 is 11.6 Å². The minimum atomic E-state index is -4.79. The second-order valence-corrected chi connectivity index (χ2v) is 8.67. The highest BCUT2D eigenvalue weighted by molar-refractivity contribution is 6.33. The van der Waals surface area contributed by atoms with E-state index in [0.717, 1.165) is 0 Å². The molecule has 0 radical (unpaired) electrons. The van der Waals surface area contributed by atoms with Crippen LogP contribution in [-0.4, -0.2) is 54.4 Å². The number of alkyl halides is 6. The highest BCUT2D eigenvalue weighted by Crippen LogP contribution is 2.36. The molecular weight excluding hydrogens is 554 g/mol. The largest absolute Gasteiger partial charge is 0.478 e. The van der Waals surface area contributed by atoms with Crippen LogP contribution in [0.2, 0.25) is 5.02 Å². The number of hydrogen-bond donors (Lipinski definition) is 2. The third-order valence-corrected chi connectivity index (χ3v) is 5.79. The quantitative estimate of drug-likeness (QED) is 0.373. The monoisotopic (exact) mass is 576 g/mol. The van der Waals surface area contributed by atoms with Crippen molar-refractivity contribution in [3.8, 4) is 11.3 Å². The Morgan fingerprint density at radius 2 is 1.64 bits per heavy atom. The second kappa shape index (κ2) is 12.6. The molecule has 39 heavy (non-hydrogen) atoms. The van der Waals surface area contributed by atoms with Gasteiger partial charge in [0.15, 0.2) is 0 Å². The summed E-state index contributed by atoms with van der Waals surface area (Å²) in [5.74, 6) is -0.591. The van der Waals surface area contributed by atoms with Crippen molar-refractivity contribution < 1.29 is 41.0 Å². The van der Waals surface area contributed by atoms with Crippen LogP contribution in [0.15, 0.2) is 48.7 Å². The number of nitrogens with one attached hydrogen (secondary N) is 1. The lowest BCUT2D eigenvalue weighted by Gasteiger charge is -2.27. The molecule has 2 heterocycles. The summed E-state index contributed by atoms with van der Waals surface area (Å²) in [4.78, 5) is 22.0. The van der Waals surface area contributed by atoms with Gasteiger partial charge in [0, 0.05) is 36.4 Å². The summed E-state index contributed by atoms with van der Waals surface area (Å²) in [6.45, 7) is 2.49. The van der Waals surface area contributed by atoms with Crippen LogP contribution in [0.25, 0.3) is 11.3 Å². The van der Waals surface area contributed by atoms with E-state index in [9.17, 15) is 36.2 Å². The molecule has 1 aromatic heterocycles. The van der Waals surface area contributed by atoms with E-state index in [4.69, 9.17) is 16.3 Å². The number of rotatable bonds is 5. The third-order valence-electron chi connectivity index (χ3n) is 5.46. The van der Waals surface area contributed by atoms with E-state index in [2.05, 4.69) is 15.3 Å². The first-order valence-corrected chi connectivity index (χ1v) is 11.8. The standard InChI is InChI=1S/C15H14ClN3O3.C10H9F6N/c16-12-4-2-1-3-10(12)13-11(14(20)21)9-17-15(18-13)19-5-7-22-8-6-19;1-17-5-6-2-7(9(11,12)13)4-8(3-6)10(14,15)16/h1-4,9H,5-8H2,(H,20,21);2-4,17H,5H2,1H3. The number of anilines is 1. The van der Waals surface area contributed by atoms with Crippen LogP contribution < -0.4 is 10.2 Å². The number of carboxylic acid groups (broad SMARTS) is 1. The van der Waals surface area contributed by atoms with Crippen molar-refractivity contribution in [2.75, 3.05) is 38.3 Å². The molecule has 14 heteroatoms. The maximum atomic E-state index is 12.4. The first kappa shape index (κ1) is 30.1. The van der Waals surface area contributed by atoms with Crippen LogP contribution in [0.1, 0.15) is 27.0 Å². The number of ether oxygens (including phenoxy) is 1. The number of aromatic nitrogens is 2. The zero-order chi connectivity index (χ0) is 28.8. The Morgan fingerprint density at radius 1 is 1.05 bits per heavy atom. The van der Waals surface area contributed by atoms with Crippen molar-refractivity contribution in [3.63, 3.8) is 0 Å². The zero-order valence-electron chi connectivity index (χ0n) is 20.4. The second-order valence-electron chi connectivity index (χ2n) is 8.26. The van der Waals surface area contributed by atoms with E-state index >= 15 is 0 Å². The minimum absolute atomic E-state index is 0.0325. The third kappa shape index (κ3) is 8.04. The fourth-order valence-electron chi connectivity index (χ4n) is 3.63. The fourth-order valence-corrected chi connectivity index (χ4v) is 3.85. The molecule has 2 N–H and O–H groups in total. The molecule has 0 saturated carbocycles. The summed E-state index contributed by atoms with van der Waals surface area (Å²) in [5.41, 5.74) is -1.71. The highest BCUT2D eigenvalue weighted by Gasteiger charge is 2.36. The number of aromatic carboxylic acids is 1. The molecule has 3 aromatic rings. The SMILES string of the molecule is CNCc1cc(C(F)(F)F)cc(C(F)(F)F)c1.O=C(O)c1cnc(N2CCOCC2)nc1-c1ccccc1Cl. The van der Waals surface area contributed by atoms with E-state index in [1.165, 1.54) is 13.2 Å². The molecule has 1 aliphatic heterocycles. The average Bonchev–Trinajstić information content (AvgIpc) is 2.88. The minimum Gasteiger partial charge on any atom is -0.478 e. The van der Waals surface area contributed by atoms with E-state index in [0.29, 0.717) is 60.7 Å². The lowest BCUT2D eigenvalue weighted by molar-refractivity contribution is -0.143. The highest BCUT2D eigenvalue weighted by atomic mass is 35.5. The summed E-state index contributed by atoms with van der Waals surface area (Å²) >= 11 is 6.19. The van der Waals surface area contributed by atoms with Gasteiger partial charge in [0.25, 0.3) is 0 Å². The Labute approximate surface area is 224 Å². The van der Waals surface area contributed by atoms with Crippen LogP contribution in [-0.2, 0) is 23.6 Å². The molecule has 0 spiro atoms. The van der Waals surface area contributed by atoms with Gasteiger partial charge in [-0.25, -0.2) is 14.8 Å².